The van der Waals surface area contributed by atoms with Gasteiger partial charge in [-0.3, -0.25) is 9.97 Å². The molecule has 0 atom stereocenters. The fourth-order valence-electron chi connectivity index (χ4n) is 6.83. The van der Waals surface area contributed by atoms with Crippen LogP contribution in [-0.4, -0.2) is 9.97 Å². The van der Waals surface area contributed by atoms with Crippen LogP contribution in [0.2, 0.25) is 0 Å². The number of fused-ring (bicyclic) bond motifs is 1. The molecule has 0 aliphatic heterocycles. The first-order valence-electron chi connectivity index (χ1n) is 19.0. The molecule has 7 heteroatoms. The van der Waals surface area contributed by atoms with E-state index in [1.165, 1.54) is 33.4 Å². The monoisotopic (exact) mass is 774 g/mol. The average molecular weight is 776 g/mol. The van der Waals surface area contributed by atoms with Crippen LogP contribution in [0.15, 0.2) is 144 Å². The second kappa shape index (κ2) is 18.9. The van der Waals surface area contributed by atoms with E-state index in [2.05, 4.69) is 147 Å². The van der Waals surface area contributed by atoms with Crippen LogP contribution in [0.1, 0.15) is 101 Å². The summed E-state index contributed by atoms with van der Waals surface area (Å²) in [5.41, 5.74) is 11.7. The summed E-state index contributed by atoms with van der Waals surface area (Å²) in [5.74, 6) is 3.07. The molecule has 55 heavy (non-hydrogen) atoms. The van der Waals surface area contributed by atoms with Crippen molar-refractivity contribution in [3.8, 4) is 22.3 Å². The van der Waals surface area contributed by atoms with Crippen molar-refractivity contribution >= 4 is 22.4 Å². The molecule has 4 aromatic heterocycles. The Bertz CT molecular complexity index is 2420. The number of nitrogens with zero attached hydrogens (tertiary/aromatic N) is 6. The van der Waals surface area contributed by atoms with E-state index in [0.29, 0.717) is 46.3 Å². The van der Waals surface area contributed by atoms with Gasteiger partial charge in [-0.25, -0.2) is 0 Å². The zero-order valence-corrected chi connectivity index (χ0v) is 36.4. The van der Waals surface area contributed by atoms with Crippen molar-refractivity contribution in [2.45, 2.75) is 79.1 Å². The molecule has 6 nitrogen and oxygen atoms in total. The van der Waals surface area contributed by atoms with E-state index in [1.54, 1.807) is 6.20 Å². The molecule has 0 aliphatic rings. The Morgan fingerprint density at radius 3 is 1.53 bits per heavy atom. The van der Waals surface area contributed by atoms with Gasteiger partial charge in [0.15, 0.2) is 0 Å². The average Bonchev–Trinajstić information content (AvgIpc) is 3.18. The van der Waals surface area contributed by atoms with E-state index in [9.17, 15) is 0 Å². The van der Waals surface area contributed by atoms with E-state index in [4.69, 9.17) is 4.99 Å². The maximum atomic E-state index is 4.89. The number of hydrogen-bond donors (Lipinski definition) is 0. The van der Waals surface area contributed by atoms with Crippen LogP contribution in [0, 0.1) is 0 Å². The van der Waals surface area contributed by atoms with Gasteiger partial charge in [-0.2, -0.15) is 0 Å². The summed E-state index contributed by atoms with van der Waals surface area (Å²) < 4.78 is 0. The predicted octanol–water partition coefficient (Wildman–Crippen LogP) is 11.5. The Kier molecular flexibility index (Phi) is 14.0. The third kappa shape index (κ3) is 10.1. The molecule has 0 unspecified atom stereocenters. The zero-order chi connectivity index (χ0) is 38.2. The molecular formula is C48H50N6Zn. The quantitative estimate of drug-likeness (QED) is 0.144. The van der Waals surface area contributed by atoms with Gasteiger partial charge in [0.2, 0.25) is 0 Å². The van der Waals surface area contributed by atoms with Gasteiger partial charge in [-0.15, -0.1) is 0 Å². The Labute approximate surface area is 338 Å². The number of hydrogen-bond acceptors (Lipinski definition) is 4. The standard InChI is InChI=1S/C34H40N3.C14H10N3.Zn/c1-21(2)27-11-9-12-28(22(3)4)33(27)25-15-17-35-31(19-25)37-32-20-26(16-18-36-32)34-29(23(5)6)13-10-14-30(34)24(7)8;1-2-6-12-10-16-14(9-11(12)5-1)17-13-7-3-4-8-15-13;/h9-24H,1-8H3;1-10H;/q2*-1;+2. The Morgan fingerprint density at radius 2 is 0.964 bits per heavy atom. The topological polar surface area (TPSA) is 78.7 Å². The van der Waals surface area contributed by atoms with E-state index in [-0.39, 0.29) is 19.5 Å². The van der Waals surface area contributed by atoms with Crippen molar-refractivity contribution in [3.63, 3.8) is 0 Å². The Morgan fingerprint density at radius 1 is 0.455 bits per heavy atom. The van der Waals surface area contributed by atoms with Crippen molar-refractivity contribution in [1.82, 2.24) is 19.9 Å². The molecule has 0 radical (unpaired) electrons. The smallest absolute Gasteiger partial charge is 0.443 e. The van der Waals surface area contributed by atoms with Crippen molar-refractivity contribution in [2.24, 2.45) is 9.98 Å². The van der Waals surface area contributed by atoms with Gasteiger partial charge in [-0.1, -0.05) is 170 Å². The predicted molar refractivity (Wildman–Crippen MR) is 223 cm³/mol. The van der Waals surface area contributed by atoms with Crippen molar-refractivity contribution in [1.29, 1.82) is 0 Å². The number of benzene rings is 3. The fraction of sp³-hybridized carbons (Fsp3) is 0.250. The summed E-state index contributed by atoms with van der Waals surface area (Å²) >= 11 is 0. The van der Waals surface area contributed by atoms with Crippen LogP contribution in [0.4, 0.5) is 11.6 Å². The number of rotatable bonds is 8. The van der Waals surface area contributed by atoms with Crippen LogP contribution in [-0.2, 0) is 19.5 Å². The van der Waals surface area contributed by atoms with Crippen molar-refractivity contribution in [3.05, 3.63) is 167 Å². The van der Waals surface area contributed by atoms with Gasteiger partial charge in [0.25, 0.3) is 0 Å². The molecule has 3 aromatic carbocycles. The minimum Gasteiger partial charge on any atom is -0.443 e. The minimum atomic E-state index is 0. The summed E-state index contributed by atoms with van der Waals surface area (Å²) in [5, 5.41) is 2.25. The second-order valence-corrected chi connectivity index (χ2v) is 14.8. The van der Waals surface area contributed by atoms with Crippen LogP contribution in [0.5, 0.6) is 0 Å². The maximum absolute atomic E-state index is 4.89. The molecule has 0 bridgehead atoms. The SMILES string of the molecule is CC(C)c1cccc(C(C)C)c1-c1ccnc(N=c2cc(-c3c(C(C)C)cccc3C(C)C)cc[n-]2)c1.[Zn+2].c1cc/c(=N/c2cc3ccccc3cn2)[n-]c1. The minimum absolute atomic E-state index is 0. The number of pyridine rings is 4. The Hall–Kier alpha value is -5.26. The van der Waals surface area contributed by atoms with Crippen molar-refractivity contribution < 1.29 is 19.5 Å². The summed E-state index contributed by atoms with van der Waals surface area (Å²) in [7, 11) is 0. The van der Waals surface area contributed by atoms with Gasteiger partial charge in [0, 0.05) is 17.8 Å². The molecule has 4 heterocycles. The van der Waals surface area contributed by atoms with Gasteiger partial charge in [-0.05, 0) is 91.8 Å². The molecule has 274 valence electrons. The van der Waals surface area contributed by atoms with Crippen LogP contribution in [0.25, 0.3) is 33.0 Å². The zero-order valence-electron chi connectivity index (χ0n) is 33.4. The van der Waals surface area contributed by atoms with E-state index >= 15 is 0 Å². The normalized spacial score (nSPS) is 12.0. The first-order chi connectivity index (χ1) is 26.1. The molecule has 7 rings (SSSR count). The first kappa shape index (κ1) is 40.9. The molecule has 0 fully saturated rings. The van der Waals surface area contributed by atoms with Gasteiger partial charge < -0.3 is 20.0 Å². The van der Waals surface area contributed by atoms with Crippen molar-refractivity contribution in [2.75, 3.05) is 0 Å². The first-order valence-corrected chi connectivity index (χ1v) is 19.0. The molecule has 0 saturated carbocycles. The molecular weight excluding hydrogens is 726 g/mol. The summed E-state index contributed by atoms with van der Waals surface area (Å²) in [6, 6.07) is 37.4. The van der Waals surface area contributed by atoms with E-state index in [0.717, 1.165) is 21.9 Å². The van der Waals surface area contributed by atoms with Gasteiger partial charge in [0.05, 0.1) is 11.6 Å². The van der Waals surface area contributed by atoms with Crippen LogP contribution < -0.4 is 20.9 Å². The van der Waals surface area contributed by atoms with E-state index < -0.39 is 0 Å². The largest absolute Gasteiger partial charge is 2.00 e. The number of aromatic nitrogens is 4. The molecule has 0 amide bonds. The molecule has 0 saturated heterocycles. The van der Waals surface area contributed by atoms with Gasteiger partial charge in [0.1, 0.15) is 0 Å². The summed E-state index contributed by atoms with van der Waals surface area (Å²) in [6.07, 6.45) is 7.28. The molecule has 0 aliphatic carbocycles. The summed E-state index contributed by atoms with van der Waals surface area (Å²) in [6.45, 7) is 18.0. The molecule has 0 spiro atoms. The third-order valence-electron chi connectivity index (χ3n) is 9.54. The van der Waals surface area contributed by atoms with Gasteiger partial charge >= 0.3 is 19.5 Å². The second-order valence-electron chi connectivity index (χ2n) is 14.8. The summed E-state index contributed by atoms with van der Waals surface area (Å²) in [4.78, 5) is 26.9. The maximum Gasteiger partial charge on any atom is 2.00 e. The van der Waals surface area contributed by atoms with Crippen LogP contribution in [0.3, 0.4) is 0 Å². The van der Waals surface area contributed by atoms with E-state index in [1.807, 2.05) is 61.1 Å². The molecule has 7 aromatic rings. The Balaban J connectivity index is 0.000000268. The molecule has 0 N–H and O–H groups in total. The van der Waals surface area contributed by atoms with Crippen LogP contribution >= 0.6 is 0 Å². The third-order valence-corrected chi connectivity index (χ3v) is 9.54. The fourth-order valence-corrected chi connectivity index (χ4v) is 6.83.